The summed E-state index contributed by atoms with van der Waals surface area (Å²) in [4.78, 5) is 0. The SMILES string of the molecule is CNCc1c(COc2ccccc2C(C)(C)C)n[nH]c1C. The summed E-state index contributed by atoms with van der Waals surface area (Å²) in [5.41, 5.74) is 4.52. The lowest BCUT2D eigenvalue weighted by atomic mass is 9.86. The molecular formula is C17H25N3O. The second-order valence-corrected chi connectivity index (χ2v) is 6.34. The van der Waals surface area contributed by atoms with Crippen molar-refractivity contribution >= 4 is 0 Å². The number of aryl methyl sites for hydroxylation is 1. The maximum atomic E-state index is 6.04. The van der Waals surface area contributed by atoms with Gasteiger partial charge in [0.25, 0.3) is 0 Å². The van der Waals surface area contributed by atoms with E-state index in [1.807, 2.05) is 26.1 Å². The quantitative estimate of drug-likeness (QED) is 0.887. The van der Waals surface area contributed by atoms with Gasteiger partial charge in [-0.15, -0.1) is 0 Å². The first-order chi connectivity index (χ1) is 9.93. The summed E-state index contributed by atoms with van der Waals surface area (Å²) in [5.74, 6) is 0.932. The summed E-state index contributed by atoms with van der Waals surface area (Å²) in [7, 11) is 1.94. The first-order valence-corrected chi connectivity index (χ1v) is 7.33. The second kappa shape index (κ2) is 6.31. The number of nitrogens with zero attached hydrogens (tertiary/aromatic N) is 1. The number of H-pyrrole nitrogens is 1. The molecule has 2 N–H and O–H groups in total. The number of para-hydroxylation sites is 1. The molecule has 0 saturated carbocycles. The number of hydrogen-bond donors (Lipinski definition) is 2. The largest absolute Gasteiger partial charge is 0.487 e. The van der Waals surface area contributed by atoms with Gasteiger partial charge in [0, 0.05) is 17.8 Å². The highest BCUT2D eigenvalue weighted by Crippen LogP contribution is 2.31. The minimum Gasteiger partial charge on any atom is -0.487 e. The van der Waals surface area contributed by atoms with E-state index < -0.39 is 0 Å². The number of rotatable bonds is 5. The summed E-state index contributed by atoms with van der Waals surface area (Å²) in [6.45, 7) is 9.89. The van der Waals surface area contributed by atoms with Crippen LogP contribution in [0.4, 0.5) is 0 Å². The van der Waals surface area contributed by atoms with Crippen molar-refractivity contribution in [3.63, 3.8) is 0 Å². The molecule has 0 unspecified atom stereocenters. The minimum atomic E-state index is 0.0614. The van der Waals surface area contributed by atoms with Gasteiger partial charge in [-0.25, -0.2) is 0 Å². The van der Waals surface area contributed by atoms with Crippen molar-refractivity contribution in [2.45, 2.75) is 46.3 Å². The Morgan fingerprint density at radius 3 is 2.62 bits per heavy atom. The number of benzene rings is 1. The molecule has 0 fully saturated rings. The molecule has 0 bridgehead atoms. The van der Waals surface area contributed by atoms with Crippen molar-refractivity contribution in [1.82, 2.24) is 15.5 Å². The van der Waals surface area contributed by atoms with Crippen molar-refractivity contribution in [2.75, 3.05) is 7.05 Å². The highest BCUT2D eigenvalue weighted by molar-refractivity contribution is 5.38. The van der Waals surface area contributed by atoms with Crippen LogP contribution in [0.1, 0.15) is 43.3 Å². The van der Waals surface area contributed by atoms with Crippen LogP contribution in [0.5, 0.6) is 5.75 Å². The molecule has 4 heteroatoms. The normalized spacial score (nSPS) is 11.7. The maximum absolute atomic E-state index is 6.04. The highest BCUT2D eigenvalue weighted by Gasteiger charge is 2.19. The number of aromatic nitrogens is 2. The van der Waals surface area contributed by atoms with Crippen LogP contribution in [-0.4, -0.2) is 17.2 Å². The predicted octanol–water partition coefficient (Wildman–Crippen LogP) is 3.31. The van der Waals surface area contributed by atoms with Crippen molar-refractivity contribution in [3.8, 4) is 5.75 Å². The van der Waals surface area contributed by atoms with Gasteiger partial charge in [-0.3, -0.25) is 5.10 Å². The molecule has 0 saturated heterocycles. The molecule has 2 aromatic rings. The Morgan fingerprint density at radius 1 is 1.24 bits per heavy atom. The van der Waals surface area contributed by atoms with E-state index in [0.29, 0.717) is 6.61 Å². The molecule has 0 aliphatic heterocycles. The summed E-state index contributed by atoms with van der Waals surface area (Å²) in [6, 6.07) is 8.21. The van der Waals surface area contributed by atoms with Gasteiger partial charge < -0.3 is 10.1 Å². The molecule has 1 aromatic carbocycles. The summed E-state index contributed by atoms with van der Waals surface area (Å²) < 4.78 is 6.04. The second-order valence-electron chi connectivity index (χ2n) is 6.34. The van der Waals surface area contributed by atoms with Crippen molar-refractivity contribution in [2.24, 2.45) is 0 Å². The Balaban J connectivity index is 2.18. The van der Waals surface area contributed by atoms with Gasteiger partial charge in [-0.2, -0.15) is 5.10 Å². The zero-order valence-electron chi connectivity index (χ0n) is 13.6. The lowest BCUT2D eigenvalue weighted by molar-refractivity contribution is 0.291. The predicted molar refractivity (Wildman–Crippen MR) is 85.6 cm³/mol. The Kier molecular flexibility index (Phi) is 4.68. The number of ether oxygens (including phenoxy) is 1. The van der Waals surface area contributed by atoms with Gasteiger partial charge in [0.15, 0.2) is 0 Å². The fourth-order valence-electron chi connectivity index (χ4n) is 2.39. The van der Waals surface area contributed by atoms with Crippen LogP contribution in [0.3, 0.4) is 0 Å². The van der Waals surface area contributed by atoms with Gasteiger partial charge in [0.1, 0.15) is 18.1 Å². The van der Waals surface area contributed by atoms with E-state index >= 15 is 0 Å². The molecule has 0 amide bonds. The van der Waals surface area contributed by atoms with E-state index in [1.165, 1.54) is 11.1 Å². The summed E-state index contributed by atoms with van der Waals surface area (Å²) in [5, 5.41) is 10.6. The van der Waals surface area contributed by atoms with E-state index in [0.717, 1.165) is 23.7 Å². The number of hydrogen-bond acceptors (Lipinski definition) is 3. The van der Waals surface area contributed by atoms with Gasteiger partial charge >= 0.3 is 0 Å². The molecule has 0 spiro atoms. The first kappa shape index (κ1) is 15.6. The molecule has 0 aliphatic carbocycles. The van der Waals surface area contributed by atoms with Gasteiger partial charge in [0.2, 0.25) is 0 Å². The molecule has 0 radical (unpaired) electrons. The average molecular weight is 287 g/mol. The molecule has 114 valence electrons. The standard InChI is InChI=1S/C17H25N3O/c1-12-13(10-18-5)15(20-19-12)11-21-16-9-7-6-8-14(16)17(2,3)4/h6-9,18H,10-11H2,1-5H3,(H,19,20). The van der Waals surface area contributed by atoms with Crippen molar-refractivity contribution in [3.05, 3.63) is 46.8 Å². The summed E-state index contributed by atoms with van der Waals surface area (Å²) >= 11 is 0. The van der Waals surface area contributed by atoms with Crippen LogP contribution in [-0.2, 0) is 18.6 Å². The van der Waals surface area contributed by atoms with Crippen LogP contribution >= 0.6 is 0 Å². The Bertz CT molecular complexity index is 596. The van der Waals surface area contributed by atoms with Crippen molar-refractivity contribution < 1.29 is 4.74 Å². The van der Waals surface area contributed by atoms with Gasteiger partial charge in [0.05, 0.1) is 0 Å². The molecule has 21 heavy (non-hydrogen) atoms. The smallest absolute Gasteiger partial charge is 0.132 e. The van der Waals surface area contributed by atoms with Crippen LogP contribution < -0.4 is 10.1 Å². The van der Waals surface area contributed by atoms with E-state index in [2.05, 4.69) is 48.4 Å². The van der Waals surface area contributed by atoms with E-state index in [4.69, 9.17) is 4.74 Å². The Morgan fingerprint density at radius 2 is 1.95 bits per heavy atom. The third kappa shape index (κ3) is 3.64. The van der Waals surface area contributed by atoms with Crippen LogP contribution in [0.25, 0.3) is 0 Å². The highest BCUT2D eigenvalue weighted by atomic mass is 16.5. The molecule has 2 rings (SSSR count). The molecular weight excluding hydrogens is 262 g/mol. The zero-order valence-corrected chi connectivity index (χ0v) is 13.6. The minimum absolute atomic E-state index is 0.0614. The van der Waals surface area contributed by atoms with Crippen LogP contribution in [0.2, 0.25) is 0 Å². The molecule has 4 nitrogen and oxygen atoms in total. The maximum Gasteiger partial charge on any atom is 0.132 e. The topological polar surface area (TPSA) is 49.9 Å². The zero-order chi connectivity index (χ0) is 15.5. The Hall–Kier alpha value is -1.81. The third-order valence-electron chi connectivity index (χ3n) is 3.57. The van der Waals surface area contributed by atoms with E-state index in [1.54, 1.807) is 0 Å². The van der Waals surface area contributed by atoms with Crippen LogP contribution in [0, 0.1) is 6.92 Å². The fraction of sp³-hybridized carbons (Fsp3) is 0.471. The monoisotopic (exact) mass is 287 g/mol. The van der Waals surface area contributed by atoms with E-state index in [9.17, 15) is 0 Å². The average Bonchev–Trinajstić information content (AvgIpc) is 2.78. The lowest BCUT2D eigenvalue weighted by Crippen LogP contribution is -2.14. The number of aromatic amines is 1. The lowest BCUT2D eigenvalue weighted by Gasteiger charge is -2.22. The van der Waals surface area contributed by atoms with Crippen LogP contribution in [0.15, 0.2) is 24.3 Å². The first-order valence-electron chi connectivity index (χ1n) is 7.33. The Labute approximate surface area is 126 Å². The molecule has 1 aromatic heterocycles. The molecule has 1 heterocycles. The van der Waals surface area contributed by atoms with Gasteiger partial charge in [-0.05, 0) is 31.0 Å². The fourth-order valence-corrected chi connectivity index (χ4v) is 2.39. The van der Waals surface area contributed by atoms with Crippen molar-refractivity contribution in [1.29, 1.82) is 0 Å². The molecule has 0 atom stereocenters. The number of nitrogens with one attached hydrogen (secondary N) is 2. The van der Waals surface area contributed by atoms with E-state index in [-0.39, 0.29) is 5.41 Å². The van der Waals surface area contributed by atoms with Gasteiger partial charge in [-0.1, -0.05) is 39.0 Å². The third-order valence-corrected chi connectivity index (χ3v) is 3.57. The molecule has 0 aliphatic rings. The summed E-state index contributed by atoms with van der Waals surface area (Å²) in [6.07, 6.45) is 0.